The molecule has 0 unspecified atom stereocenters. The molecule has 0 aliphatic carbocycles. The molecule has 0 spiro atoms. The number of thioether (sulfide) groups is 1. The van der Waals surface area contributed by atoms with Gasteiger partial charge in [-0.1, -0.05) is 38.6 Å². The maximum Gasteiger partial charge on any atom is 0.353 e. The lowest BCUT2D eigenvalue weighted by Gasteiger charge is -2.46. The number of carboxylic acids is 1. The lowest BCUT2D eigenvalue weighted by atomic mass is 9.79. The zero-order valence-corrected chi connectivity index (χ0v) is 19.1. The van der Waals surface area contributed by atoms with Crippen LogP contribution in [0.4, 0.5) is 0 Å². The van der Waals surface area contributed by atoms with Crippen LogP contribution in [0, 0.1) is 17.8 Å². The standard InChI is InChI=1S/C21H27N3O4S2/c1-9(2)13-7-12(5-6-22-13)14-8-29-21(23-14)30-18-10(3)16-15(11(4)25)19(26)24(16)17(18)20(27)28/h7-11,13,15-16,22,25H,5-6H2,1-4H3,(H,27,28)/t10-,11-,13+,15-,16-/m1/s1. The van der Waals surface area contributed by atoms with Gasteiger partial charge in [-0.2, -0.15) is 0 Å². The second-order valence-corrected chi connectivity index (χ2v) is 10.7. The molecule has 5 atom stereocenters. The highest BCUT2D eigenvalue weighted by atomic mass is 32.2. The average Bonchev–Trinajstić information content (AvgIpc) is 3.24. The molecule has 30 heavy (non-hydrogen) atoms. The molecule has 162 valence electrons. The van der Waals surface area contributed by atoms with Gasteiger partial charge in [-0.15, -0.1) is 11.3 Å². The van der Waals surface area contributed by atoms with Crippen molar-refractivity contribution in [2.24, 2.45) is 17.8 Å². The summed E-state index contributed by atoms with van der Waals surface area (Å²) in [5.41, 5.74) is 2.20. The molecule has 3 aliphatic rings. The van der Waals surface area contributed by atoms with Crippen LogP contribution >= 0.6 is 23.1 Å². The predicted molar refractivity (Wildman–Crippen MR) is 117 cm³/mol. The molecule has 1 fully saturated rings. The van der Waals surface area contributed by atoms with Crippen molar-refractivity contribution in [1.82, 2.24) is 15.2 Å². The number of hydrogen-bond donors (Lipinski definition) is 3. The van der Waals surface area contributed by atoms with Crippen LogP contribution in [0.3, 0.4) is 0 Å². The van der Waals surface area contributed by atoms with E-state index in [1.165, 1.54) is 33.6 Å². The Labute approximate surface area is 184 Å². The van der Waals surface area contributed by atoms with Crippen LogP contribution in [0.15, 0.2) is 26.4 Å². The number of rotatable bonds is 6. The molecule has 1 aromatic rings. The summed E-state index contributed by atoms with van der Waals surface area (Å²) in [6.07, 6.45) is 2.36. The number of aromatic nitrogens is 1. The zero-order valence-electron chi connectivity index (χ0n) is 17.5. The maximum absolute atomic E-state index is 12.5. The van der Waals surface area contributed by atoms with Gasteiger partial charge in [-0.25, -0.2) is 9.78 Å². The van der Waals surface area contributed by atoms with E-state index in [9.17, 15) is 19.8 Å². The fourth-order valence-electron chi connectivity index (χ4n) is 4.58. The van der Waals surface area contributed by atoms with Gasteiger partial charge in [0.2, 0.25) is 5.91 Å². The number of carbonyl (C=O) groups excluding carboxylic acids is 1. The van der Waals surface area contributed by atoms with Crippen molar-refractivity contribution in [2.75, 3.05) is 6.54 Å². The number of hydrogen-bond acceptors (Lipinski definition) is 7. The highest BCUT2D eigenvalue weighted by Crippen LogP contribution is 2.52. The van der Waals surface area contributed by atoms with Gasteiger partial charge in [0.1, 0.15) is 5.70 Å². The van der Waals surface area contributed by atoms with E-state index >= 15 is 0 Å². The summed E-state index contributed by atoms with van der Waals surface area (Å²) in [6, 6.07) is 0.0269. The average molecular weight is 450 g/mol. The smallest absolute Gasteiger partial charge is 0.353 e. The van der Waals surface area contributed by atoms with Crippen molar-refractivity contribution in [3.63, 3.8) is 0 Å². The fourth-order valence-corrected chi connectivity index (χ4v) is 6.69. The van der Waals surface area contributed by atoms with Gasteiger partial charge in [0.15, 0.2) is 4.34 Å². The molecule has 0 saturated carbocycles. The van der Waals surface area contributed by atoms with Crippen LogP contribution in [0.25, 0.3) is 5.57 Å². The molecular formula is C21H27N3O4S2. The molecule has 4 heterocycles. The summed E-state index contributed by atoms with van der Waals surface area (Å²) in [5.74, 6) is -1.63. The van der Waals surface area contributed by atoms with Gasteiger partial charge in [0.05, 0.1) is 23.8 Å². The van der Waals surface area contributed by atoms with Crippen LogP contribution in [0.1, 0.15) is 39.8 Å². The van der Waals surface area contributed by atoms with E-state index in [0.717, 1.165) is 23.0 Å². The number of fused-ring (bicyclic) bond motifs is 1. The van der Waals surface area contributed by atoms with Gasteiger partial charge in [0, 0.05) is 22.2 Å². The number of amides is 1. The summed E-state index contributed by atoms with van der Waals surface area (Å²) in [7, 11) is 0. The van der Waals surface area contributed by atoms with Crippen LogP contribution in [-0.2, 0) is 9.59 Å². The Kier molecular flexibility index (Phi) is 5.82. The van der Waals surface area contributed by atoms with E-state index in [0.29, 0.717) is 16.9 Å². The first-order chi connectivity index (χ1) is 14.2. The SMILES string of the molecule is CC(C)[C@@H]1C=C(c2csc(SC3=C(C(=O)O)N4C(=O)[C@H]([C@@H](C)O)[C@H]4[C@H]3C)n2)CCN1. The second-order valence-electron chi connectivity index (χ2n) is 8.54. The molecule has 1 saturated heterocycles. The van der Waals surface area contributed by atoms with Gasteiger partial charge in [-0.05, 0) is 31.4 Å². The minimum absolute atomic E-state index is 0.0390. The van der Waals surface area contributed by atoms with E-state index in [1.54, 1.807) is 6.92 Å². The summed E-state index contributed by atoms with van der Waals surface area (Å²) in [5, 5.41) is 25.3. The Morgan fingerprint density at radius 2 is 2.13 bits per heavy atom. The number of nitrogens with zero attached hydrogens (tertiary/aromatic N) is 2. The van der Waals surface area contributed by atoms with Crippen molar-refractivity contribution in [3.05, 3.63) is 27.8 Å². The molecule has 0 bridgehead atoms. The minimum atomic E-state index is -1.11. The Hall–Kier alpha value is -1.68. The van der Waals surface area contributed by atoms with Gasteiger partial charge < -0.3 is 20.4 Å². The highest BCUT2D eigenvalue weighted by molar-refractivity contribution is 8.04. The number of thiazole rings is 1. The van der Waals surface area contributed by atoms with Crippen molar-refractivity contribution < 1.29 is 19.8 Å². The molecule has 7 nitrogen and oxygen atoms in total. The van der Waals surface area contributed by atoms with Gasteiger partial charge in [-0.3, -0.25) is 4.79 Å². The first-order valence-electron chi connectivity index (χ1n) is 10.3. The molecule has 9 heteroatoms. The number of aliphatic hydroxyl groups is 1. The third-order valence-corrected chi connectivity index (χ3v) is 8.42. The lowest BCUT2D eigenvalue weighted by Crippen LogP contribution is -2.63. The number of nitrogens with one attached hydrogen (secondary N) is 1. The van der Waals surface area contributed by atoms with E-state index in [4.69, 9.17) is 4.98 Å². The van der Waals surface area contributed by atoms with Crippen molar-refractivity contribution in [3.8, 4) is 0 Å². The first-order valence-corrected chi connectivity index (χ1v) is 12.0. The summed E-state index contributed by atoms with van der Waals surface area (Å²) < 4.78 is 0.773. The predicted octanol–water partition coefficient (Wildman–Crippen LogP) is 2.79. The zero-order chi connectivity index (χ0) is 21.7. The molecular weight excluding hydrogens is 422 g/mol. The van der Waals surface area contributed by atoms with E-state index in [2.05, 4.69) is 25.2 Å². The number of aliphatic hydroxyl groups excluding tert-OH is 1. The molecule has 3 aliphatic heterocycles. The summed E-state index contributed by atoms with van der Waals surface area (Å²) in [6.45, 7) is 8.80. The van der Waals surface area contributed by atoms with Crippen LogP contribution in [0.5, 0.6) is 0 Å². The number of carboxylic acid groups (broad SMARTS) is 1. The maximum atomic E-state index is 12.5. The Bertz CT molecular complexity index is 936. The number of aliphatic carboxylic acids is 1. The third kappa shape index (κ3) is 3.51. The second kappa shape index (κ2) is 8.11. The molecule has 1 amide bonds. The molecule has 1 aromatic heterocycles. The monoisotopic (exact) mass is 449 g/mol. The Morgan fingerprint density at radius 3 is 2.77 bits per heavy atom. The minimum Gasteiger partial charge on any atom is -0.477 e. The molecule has 3 N–H and O–H groups in total. The van der Waals surface area contributed by atoms with Gasteiger partial charge in [0.25, 0.3) is 0 Å². The summed E-state index contributed by atoms with van der Waals surface area (Å²) in [4.78, 5) is 31.2. The van der Waals surface area contributed by atoms with Crippen LogP contribution in [-0.4, -0.2) is 56.7 Å². The number of β-lactam (4-membered cyclic amide) rings is 1. The summed E-state index contributed by atoms with van der Waals surface area (Å²) >= 11 is 2.84. The van der Waals surface area contributed by atoms with Crippen LogP contribution in [0.2, 0.25) is 0 Å². The molecule has 4 rings (SSSR count). The lowest BCUT2D eigenvalue weighted by molar-refractivity contribution is -0.163. The van der Waals surface area contributed by atoms with Crippen LogP contribution < -0.4 is 5.32 Å². The third-order valence-electron chi connectivity index (χ3n) is 6.19. The van der Waals surface area contributed by atoms with E-state index < -0.39 is 18.0 Å². The molecule has 0 radical (unpaired) electrons. The quantitative estimate of drug-likeness (QED) is 0.574. The fraction of sp³-hybridized carbons (Fsp3) is 0.571. The topological polar surface area (TPSA) is 103 Å². The molecule has 0 aromatic carbocycles. The van der Waals surface area contributed by atoms with Crippen molar-refractivity contribution >= 4 is 40.5 Å². The normalized spacial score (nSPS) is 29.7. The number of carbonyl (C=O) groups is 2. The van der Waals surface area contributed by atoms with Crippen molar-refractivity contribution in [1.29, 1.82) is 0 Å². The Morgan fingerprint density at radius 1 is 1.40 bits per heavy atom. The van der Waals surface area contributed by atoms with Crippen molar-refractivity contribution in [2.45, 2.75) is 56.6 Å². The van der Waals surface area contributed by atoms with E-state index in [-0.39, 0.29) is 23.6 Å². The van der Waals surface area contributed by atoms with Gasteiger partial charge >= 0.3 is 5.97 Å². The largest absolute Gasteiger partial charge is 0.477 e. The highest BCUT2D eigenvalue weighted by Gasteiger charge is 2.60. The Balaban J connectivity index is 1.59. The van der Waals surface area contributed by atoms with E-state index in [1.807, 2.05) is 12.3 Å². The first kappa shape index (κ1) is 21.5.